The van der Waals surface area contributed by atoms with E-state index < -0.39 is 23.8 Å². The van der Waals surface area contributed by atoms with E-state index in [2.05, 4.69) is 15.0 Å². The number of benzene rings is 4. The first kappa shape index (κ1) is 27.3. The maximum atomic E-state index is 13.6. The van der Waals surface area contributed by atoms with Crippen LogP contribution in [0.15, 0.2) is 89.1 Å². The molecule has 0 fully saturated rings. The van der Waals surface area contributed by atoms with Crippen LogP contribution in [-0.4, -0.2) is 26.0 Å². The number of para-hydroxylation sites is 1. The molecule has 5 rings (SSSR count). The smallest absolute Gasteiger partial charge is 0.505 e. The molecule has 8 nitrogen and oxygen atoms in total. The first-order valence-corrected chi connectivity index (χ1v) is 12.2. The third-order valence-electron chi connectivity index (χ3n) is 6.64. The van der Waals surface area contributed by atoms with Crippen LogP contribution < -0.4 is 4.74 Å². The minimum Gasteiger partial charge on any atom is -0.505 e. The van der Waals surface area contributed by atoms with E-state index in [0.717, 1.165) is 23.3 Å². The van der Waals surface area contributed by atoms with Gasteiger partial charge in [-0.05, 0) is 79.1 Å². The van der Waals surface area contributed by atoms with Crippen LogP contribution in [0.2, 0.25) is 0 Å². The van der Waals surface area contributed by atoms with Crippen molar-refractivity contribution in [1.29, 1.82) is 0 Å². The Balaban J connectivity index is 1.60. The van der Waals surface area contributed by atoms with Crippen molar-refractivity contribution < 1.29 is 38.0 Å². The number of nitrogens with zero attached hydrogens (tertiary/aromatic N) is 3. The number of alkyl halides is 3. The summed E-state index contributed by atoms with van der Waals surface area (Å²) < 4.78 is 46.6. The van der Waals surface area contributed by atoms with E-state index in [4.69, 9.17) is 5.11 Å². The first-order valence-electron chi connectivity index (χ1n) is 12.2. The predicted molar refractivity (Wildman–Crippen MR) is 146 cm³/mol. The van der Waals surface area contributed by atoms with E-state index >= 15 is 0 Å². The van der Waals surface area contributed by atoms with Crippen molar-refractivity contribution in [2.45, 2.75) is 20.0 Å². The molecule has 3 N–H and O–H groups in total. The minimum atomic E-state index is -4.60. The molecule has 0 saturated carbocycles. The fourth-order valence-corrected chi connectivity index (χ4v) is 4.41. The third kappa shape index (κ3) is 5.29. The second-order valence-corrected chi connectivity index (χ2v) is 9.27. The molecule has 0 aliphatic heterocycles. The van der Waals surface area contributed by atoms with Gasteiger partial charge in [0.15, 0.2) is 11.4 Å². The van der Waals surface area contributed by atoms with Gasteiger partial charge < -0.3 is 20.1 Å². The molecule has 11 heteroatoms. The standard InChI is InChI=1S/C30H22F3N3O5/c1-16-6-10-20(14-17(16)2)36-25-15-19(30(31,32)33)9-13-23(25)26(28(36)38)35-34-24-5-3-4-22(27(24)37)18-7-11-21(12-8-18)41-29(39)40/h3-15,37-38H,1-2H3,(H,39,40). The zero-order chi connectivity index (χ0) is 29.5. The summed E-state index contributed by atoms with van der Waals surface area (Å²) in [5.74, 6) is -0.572. The number of phenols is 1. The fraction of sp³-hybridized carbons (Fsp3) is 0.100. The molecule has 0 bridgehead atoms. The molecular weight excluding hydrogens is 539 g/mol. The first-order chi connectivity index (χ1) is 19.4. The second-order valence-electron chi connectivity index (χ2n) is 9.27. The Kier molecular flexibility index (Phi) is 6.87. The normalized spacial score (nSPS) is 11.8. The summed E-state index contributed by atoms with van der Waals surface area (Å²) in [6.45, 7) is 3.75. The lowest BCUT2D eigenvalue weighted by Crippen LogP contribution is -2.05. The van der Waals surface area contributed by atoms with Crippen molar-refractivity contribution in [3.05, 3.63) is 95.6 Å². The molecule has 0 spiro atoms. The van der Waals surface area contributed by atoms with E-state index in [0.29, 0.717) is 16.8 Å². The van der Waals surface area contributed by atoms with Gasteiger partial charge in [-0.15, -0.1) is 10.2 Å². The molecule has 0 unspecified atom stereocenters. The number of halogens is 3. The number of carbonyl (C=O) groups is 1. The molecule has 0 atom stereocenters. The Bertz CT molecular complexity index is 1830. The van der Waals surface area contributed by atoms with Gasteiger partial charge in [0.25, 0.3) is 0 Å². The summed E-state index contributed by atoms with van der Waals surface area (Å²) in [7, 11) is 0. The topological polar surface area (TPSA) is 117 Å². The Morgan fingerprint density at radius 1 is 0.878 bits per heavy atom. The molecule has 0 radical (unpaired) electrons. The van der Waals surface area contributed by atoms with Crippen LogP contribution in [0.4, 0.5) is 29.3 Å². The van der Waals surface area contributed by atoms with Crippen molar-refractivity contribution in [3.63, 3.8) is 0 Å². The minimum absolute atomic E-state index is 0.0340. The van der Waals surface area contributed by atoms with Crippen LogP contribution >= 0.6 is 0 Å². The number of carboxylic acid groups (broad SMARTS) is 1. The third-order valence-corrected chi connectivity index (χ3v) is 6.64. The number of rotatable bonds is 5. The second kappa shape index (κ2) is 10.3. The summed E-state index contributed by atoms with van der Waals surface area (Å²) in [4.78, 5) is 10.7. The van der Waals surface area contributed by atoms with Crippen molar-refractivity contribution in [2.75, 3.05) is 0 Å². The van der Waals surface area contributed by atoms with Gasteiger partial charge in [0, 0.05) is 16.6 Å². The number of phenolic OH excluding ortho intramolecular Hbond substituents is 1. The summed E-state index contributed by atoms with van der Waals surface area (Å²) >= 11 is 0. The number of aryl methyl sites for hydroxylation is 2. The van der Waals surface area contributed by atoms with Gasteiger partial charge in [-0.3, -0.25) is 4.57 Å². The summed E-state index contributed by atoms with van der Waals surface area (Å²) in [5.41, 5.74) is 2.34. The zero-order valence-corrected chi connectivity index (χ0v) is 21.6. The monoisotopic (exact) mass is 561 g/mol. The van der Waals surface area contributed by atoms with E-state index in [1.807, 2.05) is 13.8 Å². The molecule has 5 aromatic rings. The van der Waals surface area contributed by atoms with E-state index in [-0.39, 0.29) is 33.8 Å². The lowest BCUT2D eigenvalue weighted by atomic mass is 10.0. The van der Waals surface area contributed by atoms with Crippen LogP contribution in [0.1, 0.15) is 16.7 Å². The predicted octanol–water partition coefficient (Wildman–Crippen LogP) is 8.82. The van der Waals surface area contributed by atoms with Crippen LogP contribution in [0.5, 0.6) is 17.4 Å². The van der Waals surface area contributed by atoms with Crippen LogP contribution in [0, 0.1) is 13.8 Å². The maximum Gasteiger partial charge on any atom is 0.511 e. The molecule has 0 amide bonds. The molecule has 208 valence electrons. The SMILES string of the molecule is Cc1ccc(-n2c(O)c(N=Nc3cccc(-c4ccc(OC(=O)O)cc4)c3O)c3ccc(C(F)(F)F)cc32)cc1C. The highest BCUT2D eigenvalue weighted by Gasteiger charge is 2.32. The number of aromatic nitrogens is 1. The van der Waals surface area contributed by atoms with Gasteiger partial charge in [-0.25, -0.2) is 4.79 Å². The molecule has 4 aromatic carbocycles. The maximum absolute atomic E-state index is 13.6. The summed E-state index contributed by atoms with van der Waals surface area (Å²) in [6.07, 6.45) is -6.06. The van der Waals surface area contributed by atoms with Gasteiger partial charge in [-0.2, -0.15) is 13.2 Å². The van der Waals surface area contributed by atoms with Crippen molar-refractivity contribution in [3.8, 4) is 34.2 Å². The van der Waals surface area contributed by atoms with Crippen molar-refractivity contribution in [1.82, 2.24) is 4.57 Å². The average molecular weight is 562 g/mol. The van der Waals surface area contributed by atoms with Crippen molar-refractivity contribution >= 4 is 28.4 Å². The van der Waals surface area contributed by atoms with Gasteiger partial charge in [0.05, 0.1) is 11.1 Å². The Hall–Kier alpha value is -5.32. The van der Waals surface area contributed by atoms with Gasteiger partial charge in [0.1, 0.15) is 11.4 Å². The molecule has 41 heavy (non-hydrogen) atoms. The van der Waals surface area contributed by atoms with Crippen LogP contribution in [0.25, 0.3) is 27.7 Å². The Labute approximate surface area is 231 Å². The van der Waals surface area contributed by atoms with Gasteiger partial charge >= 0.3 is 12.3 Å². The molecule has 1 heterocycles. The highest BCUT2D eigenvalue weighted by Crippen LogP contribution is 2.45. The molecule has 0 saturated heterocycles. The number of hydrogen-bond donors (Lipinski definition) is 3. The van der Waals surface area contributed by atoms with Crippen LogP contribution in [0.3, 0.4) is 0 Å². The number of azo groups is 1. The molecule has 0 aliphatic rings. The number of aromatic hydroxyl groups is 2. The molecule has 1 aromatic heterocycles. The number of hydrogen-bond acceptors (Lipinski definition) is 6. The van der Waals surface area contributed by atoms with E-state index in [9.17, 15) is 28.2 Å². The fourth-order valence-electron chi connectivity index (χ4n) is 4.41. The van der Waals surface area contributed by atoms with Gasteiger partial charge in [0.2, 0.25) is 5.88 Å². The lowest BCUT2D eigenvalue weighted by molar-refractivity contribution is -0.137. The van der Waals surface area contributed by atoms with Crippen molar-refractivity contribution in [2.24, 2.45) is 10.2 Å². The largest absolute Gasteiger partial charge is 0.511 e. The average Bonchev–Trinajstić information content (AvgIpc) is 3.19. The summed E-state index contributed by atoms with van der Waals surface area (Å²) in [5, 5.41) is 39.4. The number of ether oxygens (including phenoxy) is 1. The highest BCUT2D eigenvalue weighted by molar-refractivity contribution is 5.97. The highest BCUT2D eigenvalue weighted by atomic mass is 19.4. The molecule has 0 aliphatic carbocycles. The Morgan fingerprint density at radius 2 is 1.61 bits per heavy atom. The quantitative estimate of drug-likeness (QED) is 0.113. The zero-order valence-electron chi connectivity index (χ0n) is 21.6. The van der Waals surface area contributed by atoms with E-state index in [1.165, 1.54) is 28.8 Å². The molecular formula is C30H22F3N3O5. The summed E-state index contributed by atoms with van der Waals surface area (Å²) in [6, 6.07) is 19.0. The van der Waals surface area contributed by atoms with Gasteiger partial charge in [-0.1, -0.05) is 30.3 Å². The van der Waals surface area contributed by atoms with E-state index in [1.54, 1.807) is 42.5 Å². The Morgan fingerprint density at radius 3 is 2.27 bits per heavy atom. The number of fused-ring (bicyclic) bond motifs is 1. The lowest BCUT2D eigenvalue weighted by Gasteiger charge is -2.11. The van der Waals surface area contributed by atoms with Crippen LogP contribution in [-0.2, 0) is 6.18 Å².